The van der Waals surface area contributed by atoms with Crippen molar-refractivity contribution in [3.63, 3.8) is 0 Å². The van der Waals surface area contributed by atoms with Crippen molar-refractivity contribution in [1.82, 2.24) is 14.8 Å². The fraction of sp³-hybridized carbons (Fsp3) is 0.250. The zero-order valence-corrected chi connectivity index (χ0v) is 12.2. The van der Waals surface area contributed by atoms with Gasteiger partial charge in [0, 0.05) is 12.2 Å². The van der Waals surface area contributed by atoms with E-state index in [0.717, 1.165) is 0 Å². The van der Waals surface area contributed by atoms with Crippen LogP contribution in [-0.2, 0) is 0 Å². The minimum atomic E-state index is -0.237. The Kier molecular flexibility index (Phi) is 3.82. The van der Waals surface area contributed by atoms with Crippen LogP contribution in [0.4, 0.5) is 0 Å². The van der Waals surface area contributed by atoms with Crippen molar-refractivity contribution in [3.8, 4) is 0 Å². The van der Waals surface area contributed by atoms with Crippen LogP contribution < -0.4 is 0 Å². The first-order chi connectivity index (χ1) is 8.52. The van der Waals surface area contributed by atoms with Gasteiger partial charge in [-0.05, 0) is 41.9 Å². The smallest absolute Gasteiger partial charge is 0.232 e. The van der Waals surface area contributed by atoms with Gasteiger partial charge >= 0.3 is 0 Å². The van der Waals surface area contributed by atoms with Crippen molar-refractivity contribution < 1.29 is 4.79 Å². The molecule has 2 aromatic heterocycles. The SMILES string of the molecule is CC(C)n1ncc(Br)c1C(=O)c1ncccc1Cl. The minimum absolute atomic E-state index is 0.0812. The maximum atomic E-state index is 12.4. The molecular weight excluding hydrogens is 318 g/mol. The molecule has 2 aromatic rings. The predicted molar refractivity (Wildman–Crippen MR) is 73.0 cm³/mol. The normalized spacial score (nSPS) is 10.9. The standard InChI is InChI=1S/C12H11BrClN3O/c1-7(2)17-11(8(13)6-16-17)12(18)10-9(14)4-3-5-15-10/h3-7H,1-2H3. The fourth-order valence-electron chi connectivity index (χ4n) is 1.61. The summed E-state index contributed by atoms with van der Waals surface area (Å²) >= 11 is 9.32. The number of hydrogen-bond acceptors (Lipinski definition) is 3. The molecule has 0 aliphatic heterocycles. The van der Waals surface area contributed by atoms with E-state index in [-0.39, 0.29) is 17.5 Å². The Labute approximate surface area is 118 Å². The van der Waals surface area contributed by atoms with E-state index in [9.17, 15) is 4.79 Å². The van der Waals surface area contributed by atoms with Crippen LogP contribution in [0.5, 0.6) is 0 Å². The first kappa shape index (κ1) is 13.2. The monoisotopic (exact) mass is 327 g/mol. The molecule has 2 heterocycles. The zero-order valence-electron chi connectivity index (χ0n) is 9.89. The number of rotatable bonds is 3. The van der Waals surface area contributed by atoms with Crippen molar-refractivity contribution in [2.45, 2.75) is 19.9 Å². The van der Waals surface area contributed by atoms with E-state index in [1.165, 1.54) is 0 Å². The summed E-state index contributed by atoms with van der Waals surface area (Å²) in [5.74, 6) is -0.237. The number of pyridine rings is 1. The highest BCUT2D eigenvalue weighted by atomic mass is 79.9. The van der Waals surface area contributed by atoms with E-state index in [1.54, 1.807) is 29.2 Å². The second-order valence-electron chi connectivity index (χ2n) is 4.04. The van der Waals surface area contributed by atoms with Crippen LogP contribution in [0.2, 0.25) is 5.02 Å². The average Bonchev–Trinajstić information content (AvgIpc) is 2.71. The van der Waals surface area contributed by atoms with Gasteiger partial charge in [-0.2, -0.15) is 5.10 Å². The van der Waals surface area contributed by atoms with E-state index in [1.807, 2.05) is 13.8 Å². The fourth-order valence-corrected chi connectivity index (χ4v) is 2.27. The molecule has 0 aliphatic rings. The van der Waals surface area contributed by atoms with Crippen LogP contribution in [-0.4, -0.2) is 20.5 Å². The third-order valence-corrected chi connectivity index (χ3v) is 3.31. The van der Waals surface area contributed by atoms with Gasteiger partial charge in [0.25, 0.3) is 0 Å². The molecule has 4 nitrogen and oxygen atoms in total. The molecule has 0 atom stereocenters. The molecule has 2 rings (SSSR count). The highest BCUT2D eigenvalue weighted by Gasteiger charge is 2.23. The van der Waals surface area contributed by atoms with Gasteiger partial charge in [-0.15, -0.1) is 0 Å². The van der Waals surface area contributed by atoms with Crippen molar-refractivity contribution in [1.29, 1.82) is 0 Å². The molecule has 0 amide bonds. The van der Waals surface area contributed by atoms with E-state index in [2.05, 4.69) is 26.0 Å². The number of aromatic nitrogens is 3. The van der Waals surface area contributed by atoms with Gasteiger partial charge in [-0.3, -0.25) is 14.5 Å². The summed E-state index contributed by atoms with van der Waals surface area (Å²) in [4.78, 5) is 16.5. The number of ketones is 1. The Morgan fingerprint density at radius 2 is 2.22 bits per heavy atom. The summed E-state index contributed by atoms with van der Waals surface area (Å²) in [7, 11) is 0. The number of halogens is 2. The second-order valence-corrected chi connectivity index (χ2v) is 5.30. The summed E-state index contributed by atoms with van der Waals surface area (Å²) in [6.45, 7) is 3.91. The molecule has 0 unspecified atom stereocenters. The topological polar surface area (TPSA) is 47.8 Å². The van der Waals surface area contributed by atoms with Gasteiger partial charge in [0.05, 0.1) is 15.7 Å². The van der Waals surface area contributed by atoms with Crippen LogP contribution >= 0.6 is 27.5 Å². The van der Waals surface area contributed by atoms with Crippen LogP contribution in [0.25, 0.3) is 0 Å². The van der Waals surface area contributed by atoms with Crippen LogP contribution in [0.15, 0.2) is 29.0 Å². The van der Waals surface area contributed by atoms with E-state index in [4.69, 9.17) is 11.6 Å². The molecule has 0 spiro atoms. The molecule has 0 radical (unpaired) electrons. The van der Waals surface area contributed by atoms with Crippen molar-refractivity contribution in [3.05, 3.63) is 45.4 Å². The van der Waals surface area contributed by atoms with Gasteiger partial charge in [-0.1, -0.05) is 11.6 Å². The summed E-state index contributed by atoms with van der Waals surface area (Å²) in [5, 5.41) is 4.51. The predicted octanol–water partition coefficient (Wildman–Crippen LogP) is 3.51. The second kappa shape index (κ2) is 5.20. The average molecular weight is 329 g/mol. The van der Waals surface area contributed by atoms with Gasteiger partial charge in [0.15, 0.2) is 0 Å². The van der Waals surface area contributed by atoms with Crippen molar-refractivity contribution in [2.75, 3.05) is 0 Å². The molecule has 0 aromatic carbocycles. The van der Waals surface area contributed by atoms with Crippen LogP contribution in [0, 0.1) is 0 Å². The molecule has 94 valence electrons. The van der Waals surface area contributed by atoms with Gasteiger partial charge in [0.2, 0.25) is 5.78 Å². The Morgan fingerprint density at radius 1 is 1.50 bits per heavy atom. The van der Waals surface area contributed by atoms with Crippen molar-refractivity contribution >= 4 is 33.3 Å². The summed E-state index contributed by atoms with van der Waals surface area (Å²) in [6, 6.07) is 3.41. The van der Waals surface area contributed by atoms with Crippen LogP contribution in [0.1, 0.15) is 36.1 Å². The highest BCUT2D eigenvalue weighted by Crippen LogP contribution is 2.24. The number of carbonyl (C=O) groups excluding carboxylic acids is 1. The summed E-state index contributed by atoms with van der Waals surface area (Å²) in [5.41, 5.74) is 0.702. The third-order valence-electron chi connectivity index (χ3n) is 2.43. The Morgan fingerprint density at radius 3 is 2.83 bits per heavy atom. The van der Waals surface area contributed by atoms with E-state index in [0.29, 0.717) is 15.2 Å². The van der Waals surface area contributed by atoms with Crippen LogP contribution in [0.3, 0.4) is 0 Å². The first-order valence-electron chi connectivity index (χ1n) is 5.40. The van der Waals surface area contributed by atoms with Gasteiger partial charge in [0.1, 0.15) is 11.4 Å². The van der Waals surface area contributed by atoms with Gasteiger partial charge < -0.3 is 0 Å². The maximum absolute atomic E-state index is 12.4. The first-order valence-corrected chi connectivity index (χ1v) is 6.57. The summed E-state index contributed by atoms with van der Waals surface area (Å²) < 4.78 is 2.29. The molecule has 6 heteroatoms. The lowest BCUT2D eigenvalue weighted by molar-refractivity contribution is 0.102. The number of hydrogen-bond donors (Lipinski definition) is 0. The molecule has 0 fully saturated rings. The van der Waals surface area contributed by atoms with Crippen molar-refractivity contribution in [2.24, 2.45) is 0 Å². The number of nitrogens with zero attached hydrogens (tertiary/aromatic N) is 3. The minimum Gasteiger partial charge on any atom is -0.285 e. The lowest BCUT2D eigenvalue weighted by Gasteiger charge is -2.10. The molecule has 0 bridgehead atoms. The molecule has 0 aliphatic carbocycles. The molecule has 0 saturated carbocycles. The van der Waals surface area contributed by atoms with Gasteiger partial charge in [-0.25, -0.2) is 0 Å². The molecule has 18 heavy (non-hydrogen) atoms. The van der Waals surface area contributed by atoms with E-state index >= 15 is 0 Å². The largest absolute Gasteiger partial charge is 0.285 e. The maximum Gasteiger partial charge on any atom is 0.232 e. The molecular formula is C12H11BrClN3O. The molecule has 0 N–H and O–H groups in total. The Hall–Kier alpha value is -1.20. The third kappa shape index (κ3) is 2.33. The lowest BCUT2D eigenvalue weighted by Crippen LogP contribution is -2.15. The zero-order chi connectivity index (χ0) is 13.3. The quantitative estimate of drug-likeness (QED) is 0.810. The molecule has 0 saturated heterocycles. The highest BCUT2D eigenvalue weighted by molar-refractivity contribution is 9.10. The lowest BCUT2D eigenvalue weighted by atomic mass is 10.2. The van der Waals surface area contributed by atoms with E-state index < -0.39 is 0 Å². The Balaban J connectivity index is 2.53. The summed E-state index contributed by atoms with van der Waals surface area (Å²) in [6.07, 6.45) is 3.15. The Bertz CT molecular complexity index is 595. The number of carbonyl (C=O) groups is 1.